The van der Waals surface area contributed by atoms with Gasteiger partial charge in [-0.25, -0.2) is 4.90 Å². The number of halogens is 1. The van der Waals surface area contributed by atoms with Crippen LogP contribution < -0.4 is 9.64 Å². The van der Waals surface area contributed by atoms with Gasteiger partial charge in [-0.1, -0.05) is 36.7 Å². The number of methoxy groups -OCH3 is 1. The van der Waals surface area contributed by atoms with E-state index in [-0.39, 0.29) is 11.8 Å². The van der Waals surface area contributed by atoms with Crippen LogP contribution in [0.25, 0.3) is 5.57 Å². The van der Waals surface area contributed by atoms with Crippen LogP contribution in [0.4, 0.5) is 5.69 Å². The van der Waals surface area contributed by atoms with Crippen molar-refractivity contribution in [1.29, 1.82) is 0 Å². The number of benzene rings is 2. The predicted octanol–water partition coefficient (Wildman–Crippen LogP) is 3.58. The third-order valence-corrected chi connectivity index (χ3v) is 6.16. The van der Waals surface area contributed by atoms with Gasteiger partial charge in [-0.15, -0.1) is 0 Å². The average molecular weight is 440 g/mol. The molecule has 7 heteroatoms. The molecule has 0 bridgehead atoms. The SMILES string of the molecule is CCN1CCN(C2=C(c3ccc(Cl)cc3)C(=O)N(c3cc(C)ccc3OC)C2=O)CC1. The van der Waals surface area contributed by atoms with Gasteiger partial charge in [-0.2, -0.15) is 0 Å². The summed E-state index contributed by atoms with van der Waals surface area (Å²) >= 11 is 6.07. The molecule has 31 heavy (non-hydrogen) atoms. The van der Waals surface area contributed by atoms with Crippen molar-refractivity contribution < 1.29 is 14.3 Å². The lowest BCUT2D eigenvalue weighted by atomic mass is 10.0. The van der Waals surface area contributed by atoms with Gasteiger partial charge in [0.05, 0.1) is 18.4 Å². The molecule has 2 aromatic rings. The van der Waals surface area contributed by atoms with Gasteiger partial charge in [0.25, 0.3) is 11.8 Å². The molecule has 2 heterocycles. The molecule has 6 nitrogen and oxygen atoms in total. The first-order chi connectivity index (χ1) is 14.9. The average Bonchev–Trinajstić information content (AvgIpc) is 3.04. The highest BCUT2D eigenvalue weighted by atomic mass is 35.5. The fourth-order valence-electron chi connectivity index (χ4n) is 4.17. The van der Waals surface area contributed by atoms with Gasteiger partial charge in [-0.3, -0.25) is 9.59 Å². The molecule has 0 aliphatic carbocycles. The molecule has 0 spiro atoms. The number of amides is 2. The zero-order valence-corrected chi connectivity index (χ0v) is 18.8. The van der Waals surface area contributed by atoms with Crippen molar-refractivity contribution in [3.05, 3.63) is 64.3 Å². The molecule has 0 unspecified atom stereocenters. The molecule has 0 radical (unpaired) electrons. The second kappa shape index (κ2) is 8.73. The first kappa shape index (κ1) is 21.4. The molecule has 0 N–H and O–H groups in total. The molecule has 0 saturated carbocycles. The molecule has 1 fully saturated rings. The van der Waals surface area contributed by atoms with Crippen LogP contribution in [0.5, 0.6) is 5.75 Å². The number of likely N-dealkylation sites (N-methyl/N-ethyl adjacent to an activating group) is 1. The quantitative estimate of drug-likeness (QED) is 0.666. The maximum Gasteiger partial charge on any atom is 0.282 e. The summed E-state index contributed by atoms with van der Waals surface area (Å²) in [5.41, 5.74) is 2.95. The molecule has 1 saturated heterocycles. The Bertz CT molecular complexity index is 1040. The molecule has 2 aliphatic rings. The van der Waals surface area contributed by atoms with Crippen LogP contribution in [-0.4, -0.2) is 61.4 Å². The van der Waals surface area contributed by atoms with E-state index in [1.807, 2.05) is 24.0 Å². The second-order valence-corrected chi connectivity index (χ2v) is 8.21. The molecule has 2 aromatic carbocycles. The van der Waals surface area contributed by atoms with Crippen LogP contribution in [-0.2, 0) is 9.59 Å². The molecule has 4 rings (SSSR count). The van der Waals surface area contributed by atoms with Crippen LogP contribution in [0, 0.1) is 6.92 Å². The van der Waals surface area contributed by atoms with E-state index in [4.69, 9.17) is 16.3 Å². The number of hydrogen-bond donors (Lipinski definition) is 0. The fraction of sp³-hybridized carbons (Fsp3) is 0.333. The van der Waals surface area contributed by atoms with Gasteiger partial charge < -0.3 is 14.5 Å². The number of piperazine rings is 1. The van der Waals surface area contributed by atoms with E-state index in [0.717, 1.165) is 25.2 Å². The number of rotatable bonds is 5. The molecular weight excluding hydrogens is 414 g/mol. The molecular formula is C24H26ClN3O3. The largest absolute Gasteiger partial charge is 0.495 e. The van der Waals surface area contributed by atoms with E-state index in [0.29, 0.717) is 46.4 Å². The van der Waals surface area contributed by atoms with Crippen LogP contribution in [0.15, 0.2) is 48.2 Å². The third-order valence-electron chi connectivity index (χ3n) is 5.90. The van der Waals surface area contributed by atoms with Crippen molar-refractivity contribution in [2.75, 3.05) is 44.7 Å². The van der Waals surface area contributed by atoms with Gasteiger partial charge in [0.15, 0.2) is 0 Å². The van der Waals surface area contributed by atoms with Crippen molar-refractivity contribution >= 4 is 34.7 Å². The number of aryl methyl sites for hydroxylation is 1. The maximum atomic E-state index is 13.7. The highest BCUT2D eigenvalue weighted by Crippen LogP contribution is 2.39. The van der Waals surface area contributed by atoms with Crippen molar-refractivity contribution in [3.63, 3.8) is 0 Å². The predicted molar refractivity (Wildman–Crippen MR) is 122 cm³/mol. The Balaban J connectivity index is 1.81. The van der Waals surface area contributed by atoms with Crippen LogP contribution in [0.3, 0.4) is 0 Å². The van der Waals surface area contributed by atoms with Crippen molar-refractivity contribution in [1.82, 2.24) is 9.80 Å². The molecule has 2 amide bonds. The number of anilines is 1. The lowest BCUT2D eigenvalue weighted by molar-refractivity contribution is -0.120. The highest BCUT2D eigenvalue weighted by molar-refractivity contribution is 6.45. The minimum absolute atomic E-state index is 0.316. The van der Waals surface area contributed by atoms with E-state index < -0.39 is 0 Å². The zero-order chi connectivity index (χ0) is 22.1. The summed E-state index contributed by atoms with van der Waals surface area (Å²) in [5, 5.41) is 0.580. The Labute approximate surface area is 187 Å². The van der Waals surface area contributed by atoms with E-state index in [1.54, 1.807) is 30.3 Å². The Morgan fingerprint density at radius 3 is 2.26 bits per heavy atom. The zero-order valence-electron chi connectivity index (χ0n) is 18.0. The summed E-state index contributed by atoms with van der Waals surface area (Å²) < 4.78 is 5.47. The maximum absolute atomic E-state index is 13.7. The molecule has 2 aliphatic heterocycles. The molecule has 162 valence electrons. The summed E-state index contributed by atoms with van der Waals surface area (Å²) in [5.74, 6) is -0.173. The normalized spacial score (nSPS) is 17.7. The van der Waals surface area contributed by atoms with Crippen molar-refractivity contribution in [3.8, 4) is 5.75 Å². The van der Waals surface area contributed by atoms with Gasteiger partial charge in [0.1, 0.15) is 11.4 Å². The van der Waals surface area contributed by atoms with Crippen molar-refractivity contribution in [2.24, 2.45) is 0 Å². The number of nitrogens with zero attached hydrogens (tertiary/aromatic N) is 3. The Kier molecular flexibility index (Phi) is 6.03. The van der Waals surface area contributed by atoms with Crippen LogP contribution in [0.1, 0.15) is 18.1 Å². The minimum atomic E-state index is -0.343. The number of carbonyl (C=O) groups is 2. The number of hydrogen-bond acceptors (Lipinski definition) is 5. The number of carbonyl (C=O) groups excluding carboxylic acids is 2. The number of ether oxygens (including phenoxy) is 1. The fourth-order valence-corrected chi connectivity index (χ4v) is 4.30. The van der Waals surface area contributed by atoms with E-state index >= 15 is 0 Å². The summed E-state index contributed by atoms with van der Waals surface area (Å²) in [4.78, 5) is 33.0. The summed E-state index contributed by atoms with van der Waals surface area (Å²) in [6.45, 7) is 8.11. The first-order valence-electron chi connectivity index (χ1n) is 10.5. The monoisotopic (exact) mass is 439 g/mol. The Morgan fingerprint density at radius 2 is 1.65 bits per heavy atom. The lowest BCUT2D eigenvalue weighted by Gasteiger charge is -2.36. The minimum Gasteiger partial charge on any atom is -0.495 e. The van der Waals surface area contributed by atoms with Gasteiger partial charge >= 0.3 is 0 Å². The smallest absolute Gasteiger partial charge is 0.282 e. The van der Waals surface area contributed by atoms with Gasteiger partial charge in [-0.05, 0) is 48.9 Å². The summed E-state index contributed by atoms with van der Waals surface area (Å²) in [6, 6.07) is 12.6. The number of imide groups is 1. The van der Waals surface area contributed by atoms with Crippen molar-refractivity contribution in [2.45, 2.75) is 13.8 Å². The van der Waals surface area contributed by atoms with Crippen LogP contribution in [0.2, 0.25) is 5.02 Å². The Hall–Kier alpha value is -2.83. The van der Waals surface area contributed by atoms with E-state index in [2.05, 4.69) is 11.8 Å². The highest BCUT2D eigenvalue weighted by Gasteiger charge is 2.44. The van der Waals surface area contributed by atoms with E-state index in [1.165, 1.54) is 12.0 Å². The van der Waals surface area contributed by atoms with Crippen LogP contribution >= 0.6 is 11.6 Å². The lowest BCUT2D eigenvalue weighted by Crippen LogP contribution is -2.47. The summed E-state index contributed by atoms with van der Waals surface area (Å²) in [6.07, 6.45) is 0. The molecule has 0 aromatic heterocycles. The summed E-state index contributed by atoms with van der Waals surface area (Å²) in [7, 11) is 1.54. The topological polar surface area (TPSA) is 53.1 Å². The first-order valence-corrected chi connectivity index (χ1v) is 10.8. The third kappa shape index (κ3) is 3.93. The van der Waals surface area contributed by atoms with Gasteiger partial charge in [0, 0.05) is 31.2 Å². The standard InChI is InChI=1S/C24H26ClN3O3/c1-4-26-11-13-27(14-12-26)22-21(17-6-8-18(25)9-7-17)23(29)28(24(22)30)19-15-16(2)5-10-20(19)31-3/h5-10,15H,4,11-14H2,1-3H3. The van der Waals surface area contributed by atoms with E-state index in [9.17, 15) is 9.59 Å². The second-order valence-electron chi connectivity index (χ2n) is 7.77. The molecule has 0 atom stereocenters. The van der Waals surface area contributed by atoms with Gasteiger partial charge in [0.2, 0.25) is 0 Å². The Morgan fingerprint density at radius 1 is 0.968 bits per heavy atom.